The molecular formula is C22H30O3S. The molecule has 0 saturated carbocycles. The summed E-state index contributed by atoms with van der Waals surface area (Å²) in [4.78, 5) is 11.6. The van der Waals surface area contributed by atoms with E-state index >= 15 is 0 Å². The van der Waals surface area contributed by atoms with E-state index in [-0.39, 0.29) is 5.97 Å². The van der Waals surface area contributed by atoms with Crippen molar-refractivity contribution in [3.05, 3.63) is 51.9 Å². The highest BCUT2D eigenvalue weighted by Crippen LogP contribution is 2.10. The Kier molecular flexibility index (Phi) is 10.8. The second-order valence-corrected chi connectivity index (χ2v) is 7.32. The van der Waals surface area contributed by atoms with Crippen LogP contribution in [-0.4, -0.2) is 25.8 Å². The predicted molar refractivity (Wildman–Crippen MR) is 107 cm³/mol. The molecule has 0 aromatic carbocycles. The van der Waals surface area contributed by atoms with E-state index in [1.165, 1.54) is 44.1 Å². The quantitative estimate of drug-likeness (QED) is 0.227. The number of esters is 1. The molecule has 0 spiro atoms. The first-order chi connectivity index (χ1) is 12.9. The second kappa shape index (κ2) is 13.6. The summed E-state index contributed by atoms with van der Waals surface area (Å²) in [6.07, 6.45) is 15.9. The average molecular weight is 375 g/mol. The van der Waals surface area contributed by atoms with Gasteiger partial charge in [-0.2, -0.15) is 11.3 Å². The first-order valence-electron chi connectivity index (χ1n) is 9.75. The van der Waals surface area contributed by atoms with Crippen LogP contribution in [0.5, 0.6) is 0 Å². The van der Waals surface area contributed by atoms with Gasteiger partial charge in [0.2, 0.25) is 0 Å². The van der Waals surface area contributed by atoms with Gasteiger partial charge in [0.1, 0.15) is 5.57 Å². The Morgan fingerprint density at radius 3 is 2.35 bits per heavy atom. The number of allylic oxidation sites excluding steroid dienone is 1. The van der Waals surface area contributed by atoms with Crippen molar-refractivity contribution in [3.8, 4) is 0 Å². The van der Waals surface area contributed by atoms with Crippen LogP contribution in [0.1, 0.15) is 56.9 Å². The normalized spacial score (nSPS) is 12.5. The molecule has 1 aliphatic carbocycles. The Bertz CT molecular complexity index is 595. The zero-order valence-corrected chi connectivity index (χ0v) is 16.4. The lowest BCUT2D eigenvalue weighted by Crippen LogP contribution is -2.06. The van der Waals surface area contributed by atoms with E-state index in [9.17, 15) is 4.79 Å². The van der Waals surface area contributed by atoms with Crippen molar-refractivity contribution in [2.45, 2.75) is 57.8 Å². The van der Waals surface area contributed by atoms with Crippen molar-refractivity contribution in [1.29, 1.82) is 0 Å². The number of carbonyl (C=O) groups excluding carboxylic acids is 1. The zero-order valence-electron chi connectivity index (χ0n) is 15.6. The van der Waals surface area contributed by atoms with Crippen LogP contribution in [-0.2, 0) is 20.7 Å². The first kappa shape index (κ1) is 20.7. The molecule has 1 aromatic rings. The predicted octanol–water partition coefficient (Wildman–Crippen LogP) is 5.62. The molecule has 26 heavy (non-hydrogen) atoms. The highest BCUT2D eigenvalue weighted by atomic mass is 32.1. The number of unbranched alkanes of at least 4 members (excludes halogenated alkanes) is 7. The topological polar surface area (TPSA) is 35.5 Å². The first-order valence-corrected chi connectivity index (χ1v) is 10.7. The molecular weight excluding hydrogens is 344 g/mol. The Labute approximate surface area is 161 Å². The van der Waals surface area contributed by atoms with E-state index in [0.29, 0.717) is 12.2 Å². The van der Waals surface area contributed by atoms with E-state index in [1.54, 1.807) is 29.6 Å². The summed E-state index contributed by atoms with van der Waals surface area (Å²) < 4.78 is 10.9. The lowest BCUT2D eigenvalue weighted by atomic mass is 10.1. The summed E-state index contributed by atoms with van der Waals surface area (Å²) in [5, 5.41) is 4.31. The van der Waals surface area contributed by atoms with Gasteiger partial charge in [-0.05, 0) is 53.8 Å². The number of thiophene rings is 1. The minimum Gasteiger partial charge on any atom is -0.462 e. The highest BCUT2D eigenvalue weighted by Gasteiger charge is 2.08. The molecule has 0 atom stereocenters. The van der Waals surface area contributed by atoms with Crippen molar-refractivity contribution in [3.63, 3.8) is 0 Å². The lowest BCUT2D eigenvalue weighted by molar-refractivity contribution is -0.138. The van der Waals surface area contributed by atoms with Crippen molar-refractivity contribution in [1.82, 2.24) is 0 Å². The second-order valence-electron chi connectivity index (χ2n) is 6.54. The molecule has 142 valence electrons. The molecule has 0 amide bonds. The number of carbonyl (C=O) groups is 1. The largest absolute Gasteiger partial charge is 0.462 e. The summed E-state index contributed by atoms with van der Waals surface area (Å²) in [6, 6.07) is 2.17. The third-order valence-corrected chi connectivity index (χ3v) is 5.08. The maximum absolute atomic E-state index is 11.6. The average Bonchev–Trinajstić information content (AvgIpc) is 3.35. The van der Waals surface area contributed by atoms with Crippen molar-refractivity contribution < 1.29 is 14.3 Å². The van der Waals surface area contributed by atoms with E-state index in [0.717, 1.165) is 32.5 Å². The summed E-state index contributed by atoms with van der Waals surface area (Å²) in [5.74, 6) is -0.257. The fourth-order valence-corrected chi connectivity index (χ4v) is 3.50. The Balaban J connectivity index is 1.27. The number of hydrogen-bond acceptors (Lipinski definition) is 4. The number of hydrogen-bond donors (Lipinski definition) is 0. The van der Waals surface area contributed by atoms with Crippen molar-refractivity contribution in [2.75, 3.05) is 19.8 Å². The fraction of sp³-hybridized carbons (Fsp3) is 0.545. The molecule has 1 aromatic heterocycles. The molecule has 1 heterocycles. The molecule has 0 radical (unpaired) electrons. The Hall–Kier alpha value is -1.61. The summed E-state index contributed by atoms with van der Waals surface area (Å²) in [6.45, 7) is 2.24. The Morgan fingerprint density at radius 2 is 1.69 bits per heavy atom. The van der Waals surface area contributed by atoms with Crippen LogP contribution < -0.4 is 0 Å². The van der Waals surface area contributed by atoms with Gasteiger partial charge in [0, 0.05) is 6.61 Å². The minimum atomic E-state index is -0.257. The number of ether oxygens (including phenoxy) is 2. The molecule has 0 N–H and O–H groups in total. The minimum absolute atomic E-state index is 0.257. The van der Waals surface area contributed by atoms with Crippen LogP contribution in [0.25, 0.3) is 0 Å². The molecule has 0 aliphatic heterocycles. The fourth-order valence-electron chi connectivity index (χ4n) is 2.79. The SMILES string of the molecule is O=C(OCCCCCCCCCCOCCc1ccsc1)C1=C=CC=C1. The lowest BCUT2D eigenvalue weighted by Gasteiger charge is -2.05. The van der Waals surface area contributed by atoms with Gasteiger partial charge in [0.05, 0.1) is 13.2 Å². The van der Waals surface area contributed by atoms with Gasteiger partial charge >= 0.3 is 5.97 Å². The summed E-state index contributed by atoms with van der Waals surface area (Å²) in [7, 11) is 0. The van der Waals surface area contributed by atoms with Crippen LogP contribution in [0.4, 0.5) is 0 Å². The van der Waals surface area contributed by atoms with Gasteiger partial charge in [-0.15, -0.1) is 5.73 Å². The van der Waals surface area contributed by atoms with Crippen LogP contribution >= 0.6 is 11.3 Å². The monoisotopic (exact) mass is 374 g/mol. The van der Waals surface area contributed by atoms with Crippen LogP contribution in [0.15, 0.2) is 46.4 Å². The van der Waals surface area contributed by atoms with E-state index in [4.69, 9.17) is 9.47 Å². The van der Waals surface area contributed by atoms with Gasteiger partial charge in [-0.25, -0.2) is 4.79 Å². The van der Waals surface area contributed by atoms with E-state index in [2.05, 4.69) is 22.6 Å². The van der Waals surface area contributed by atoms with Gasteiger partial charge in [0.15, 0.2) is 0 Å². The summed E-state index contributed by atoms with van der Waals surface area (Å²) in [5.41, 5.74) is 4.77. The maximum atomic E-state index is 11.6. The van der Waals surface area contributed by atoms with Gasteiger partial charge < -0.3 is 9.47 Å². The molecule has 0 fully saturated rings. The molecule has 0 saturated heterocycles. The van der Waals surface area contributed by atoms with Gasteiger partial charge in [-0.3, -0.25) is 0 Å². The van der Waals surface area contributed by atoms with Crippen LogP contribution in [0, 0.1) is 0 Å². The molecule has 0 bridgehead atoms. The summed E-state index contributed by atoms with van der Waals surface area (Å²) >= 11 is 1.75. The standard InChI is InChI=1S/C22H30O3S/c23-22(21-11-7-8-12-21)25-16-10-6-4-2-1-3-5-9-15-24-17-13-20-14-18-26-19-20/h7-8,11,14,18-19H,1-6,9-10,13,15-17H2. The van der Waals surface area contributed by atoms with Gasteiger partial charge in [0.25, 0.3) is 0 Å². The molecule has 1 aliphatic rings. The van der Waals surface area contributed by atoms with Crippen molar-refractivity contribution in [2.24, 2.45) is 0 Å². The highest BCUT2D eigenvalue weighted by molar-refractivity contribution is 7.07. The molecule has 0 unspecified atom stereocenters. The van der Waals surface area contributed by atoms with E-state index < -0.39 is 0 Å². The molecule has 3 nitrogen and oxygen atoms in total. The molecule has 2 rings (SSSR count). The van der Waals surface area contributed by atoms with Crippen molar-refractivity contribution >= 4 is 17.3 Å². The van der Waals surface area contributed by atoms with Crippen LogP contribution in [0.3, 0.4) is 0 Å². The maximum Gasteiger partial charge on any atom is 0.346 e. The van der Waals surface area contributed by atoms with Crippen LogP contribution in [0.2, 0.25) is 0 Å². The smallest absolute Gasteiger partial charge is 0.346 e. The van der Waals surface area contributed by atoms with E-state index in [1.807, 2.05) is 0 Å². The zero-order chi connectivity index (χ0) is 18.3. The Morgan fingerprint density at radius 1 is 0.962 bits per heavy atom. The third-order valence-electron chi connectivity index (χ3n) is 4.35. The van der Waals surface area contributed by atoms with Gasteiger partial charge in [-0.1, -0.05) is 44.6 Å². The number of rotatable bonds is 15. The molecule has 4 heteroatoms. The third kappa shape index (κ3) is 9.19.